The normalized spacial score (nSPS) is 10.6. The van der Waals surface area contributed by atoms with Crippen LogP contribution in [0.1, 0.15) is 16.1 Å². The Balaban J connectivity index is 1.80. The van der Waals surface area contributed by atoms with Gasteiger partial charge in [0, 0.05) is 18.3 Å². The third kappa shape index (κ3) is 2.63. The quantitative estimate of drug-likeness (QED) is 0.805. The van der Waals surface area contributed by atoms with E-state index < -0.39 is 0 Å². The third-order valence-electron chi connectivity index (χ3n) is 3.33. The molecule has 1 aromatic carbocycles. The lowest BCUT2D eigenvalue weighted by molar-refractivity contribution is 0.0945. The number of halogens is 1. The van der Waals surface area contributed by atoms with E-state index in [-0.39, 0.29) is 11.6 Å². The molecule has 0 bridgehead atoms. The number of rotatable bonds is 4. The van der Waals surface area contributed by atoms with Crippen LogP contribution >= 0.6 is 11.6 Å². The number of nitrogens with zero attached hydrogens (tertiary/aromatic N) is 2. The molecule has 1 N–H and O–H groups in total. The Morgan fingerprint density at radius 3 is 2.82 bits per heavy atom. The number of carbonyl (C=O) groups excluding carboxylic acids is 1. The number of para-hydroxylation sites is 1. The van der Waals surface area contributed by atoms with Crippen LogP contribution in [0.2, 0.25) is 5.02 Å². The molecule has 22 heavy (non-hydrogen) atoms. The average Bonchev–Trinajstić information content (AvgIpc) is 2.90. The zero-order valence-electron chi connectivity index (χ0n) is 11.9. The zero-order valence-corrected chi connectivity index (χ0v) is 12.7. The fraction of sp³-hybridized carbons (Fsp3) is 0.125. The topological polar surface area (TPSA) is 55.6 Å². The molecule has 0 unspecified atom stereocenters. The number of nitrogens with one attached hydrogen (secondary N) is 1. The molecular weight excluding hydrogens is 302 g/mol. The molecule has 0 saturated carbocycles. The molecule has 0 aliphatic carbocycles. The minimum Gasteiger partial charge on any atom is -0.496 e. The van der Waals surface area contributed by atoms with Crippen molar-refractivity contribution in [3.63, 3.8) is 0 Å². The standard InChI is InChI=1S/C16H14ClN3O2/c1-22-13-8-3-2-6-11(13)10-18-16(21)15-14(17)12-7-4-5-9-20(12)19-15/h2-9H,10H2,1H3,(H,18,21). The van der Waals surface area contributed by atoms with Gasteiger partial charge in [-0.3, -0.25) is 4.79 Å². The van der Waals surface area contributed by atoms with Crippen LogP contribution in [0.25, 0.3) is 5.52 Å². The number of benzene rings is 1. The highest BCUT2D eigenvalue weighted by molar-refractivity contribution is 6.36. The molecule has 112 valence electrons. The predicted molar refractivity (Wildman–Crippen MR) is 84.4 cm³/mol. The Kier molecular flexibility index (Phi) is 3.98. The lowest BCUT2D eigenvalue weighted by Crippen LogP contribution is -2.23. The van der Waals surface area contributed by atoms with Gasteiger partial charge in [-0.2, -0.15) is 5.10 Å². The summed E-state index contributed by atoms with van der Waals surface area (Å²) in [5.41, 5.74) is 1.80. The fourth-order valence-electron chi connectivity index (χ4n) is 2.22. The number of ether oxygens (including phenoxy) is 1. The maximum Gasteiger partial charge on any atom is 0.273 e. The maximum absolute atomic E-state index is 12.3. The van der Waals surface area contributed by atoms with E-state index in [2.05, 4.69) is 10.4 Å². The number of hydrogen-bond donors (Lipinski definition) is 1. The van der Waals surface area contributed by atoms with Gasteiger partial charge in [0.2, 0.25) is 0 Å². The average molecular weight is 316 g/mol. The highest BCUT2D eigenvalue weighted by atomic mass is 35.5. The van der Waals surface area contributed by atoms with Crippen LogP contribution < -0.4 is 10.1 Å². The summed E-state index contributed by atoms with van der Waals surface area (Å²) in [6.45, 7) is 0.340. The molecule has 2 heterocycles. The Labute approximate surface area is 132 Å². The minimum absolute atomic E-state index is 0.211. The van der Waals surface area contributed by atoms with Crippen molar-refractivity contribution in [2.75, 3.05) is 7.11 Å². The van der Waals surface area contributed by atoms with Gasteiger partial charge in [0.25, 0.3) is 5.91 Å². The fourth-order valence-corrected chi connectivity index (χ4v) is 2.49. The zero-order chi connectivity index (χ0) is 15.5. The molecule has 1 amide bonds. The summed E-state index contributed by atoms with van der Waals surface area (Å²) in [6, 6.07) is 13.0. The van der Waals surface area contributed by atoms with E-state index in [9.17, 15) is 4.79 Å². The van der Waals surface area contributed by atoms with Gasteiger partial charge in [-0.05, 0) is 18.2 Å². The van der Waals surface area contributed by atoms with Gasteiger partial charge in [-0.25, -0.2) is 4.52 Å². The van der Waals surface area contributed by atoms with Crippen molar-refractivity contribution in [2.24, 2.45) is 0 Å². The van der Waals surface area contributed by atoms with Crippen molar-refractivity contribution < 1.29 is 9.53 Å². The third-order valence-corrected chi connectivity index (χ3v) is 3.70. The van der Waals surface area contributed by atoms with Gasteiger partial charge in [0.15, 0.2) is 5.69 Å². The van der Waals surface area contributed by atoms with Crippen LogP contribution in [0.5, 0.6) is 5.75 Å². The van der Waals surface area contributed by atoms with Crippen LogP contribution in [0.15, 0.2) is 48.7 Å². The number of aromatic nitrogens is 2. The molecule has 3 rings (SSSR count). The predicted octanol–water partition coefficient (Wildman–Crippen LogP) is 2.93. The molecular formula is C16H14ClN3O2. The second-order valence-electron chi connectivity index (χ2n) is 4.69. The van der Waals surface area contributed by atoms with Crippen LogP contribution in [0.3, 0.4) is 0 Å². The van der Waals surface area contributed by atoms with Crippen LogP contribution in [0.4, 0.5) is 0 Å². The lowest BCUT2D eigenvalue weighted by atomic mass is 10.2. The molecule has 0 radical (unpaired) electrons. The number of amides is 1. The van der Waals surface area contributed by atoms with Gasteiger partial charge < -0.3 is 10.1 Å². The van der Waals surface area contributed by atoms with Gasteiger partial charge in [-0.15, -0.1) is 0 Å². The van der Waals surface area contributed by atoms with Gasteiger partial charge in [0.05, 0.1) is 17.6 Å². The van der Waals surface area contributed by atoms with Crippen molar-refractivity contribution in [2.45, 2.75) is 6.54 Å². The maximum atomic E-state index is 12.3. The first-order valence-electron chi connectivity index (χ1n) is 6.73. The van der Waals surface area contributed by atoms with Crippen molar-refractivity contribution >= 4 is 23.0 Å². The summed E-state index contributed by atoms with van der Waals surface area (Å²) in [6.07, 6.45) is 1.75. The van der Waals surface area contributed by atoms with Crippen molar-refractivity contribution in [1.82, 2.24) is 14.9 Å². The Morgan fingerprint density at radius 1 is 1.27 bits per heavy atom. The number of hydrogen-bond acceptors (Lipinski definition) is 3. The molecule has 6 heteroatoms. The first kappa shape index (κ1) is 14.4. The summed E-state index contributed by atoms with van der Waals surface area (Å²) in [7, 11) is 1.60. The van der Waals surface area contributed by atoms with Crippen LogP contribution in [-0.2, 0) is 6.54 Å². The smallest absolute Gasteiger partial charge is 0.273 e. The Morgan fingerprint density at radius 2 is 2.05 bits per heavy atom. The molecule has 0 atom stereocenters. The van der Waals surface area contributed by atoms with Crippen molar-refractivity contribution in [3.05, 3.63) is 64.9 Å². The number of pyridine rings is 1. The number of carbonyl (C=O) groups is 1. The van der Waals surface area contributed by atoms with E-state index in [1.165, 1.54) is 0 Å². The van der Waals surface area contributed by atoms with E-state index in [0.29, 0.717) is 17.1 Å². The largest absolute Gasteiger partial charge is 0.496 e. The monoisotopic (exact) mass is 315 g/mol. The van der Waals surface area contributed by atoms with E-state index in [0.717, 1.165) is 11.3 Å². The molecule has 3 aromatic rings. The van der Waals surface area contributed by atoms with E-state index in [1.54, 1.807) is 17.8 Å². The second-order valence-corrected chi connectivity index (χ2v) is 5.07. The molecule has 0 spiro atoms. The molecule has 0 fully saturated rings. The lowest BCUT2D eigenvalue weighted by Gasteiger charge is -2.08. The molecule has 5 nitrogen and oxygen atoms in total. The van der Waals surface area contributed by atoms with E-state index in [4.69, 9.17) is 16.3 Å². The van der Waals surface area contributed by atoms with Crippen molar-refractivity contribution in [3.8, 4) is 5.75 Å². The summed E-state index contributed by atoms with van der Waals surface area (Å²) in [5.74, 6) is 0.406. The highest BCUT2D eigenvalue weighted by Gasteiger charge is 2.17. The number of fused-ring (bicyclic) bond motifs is 1. The Bertz CT molecular complexity index is 829. The summed E-state index contributed by atoms with van der Waals surface area (Å²) in [4.78, 5) is 12.3. The van der Waals surface area contributed by atoms with Crippen LogP contribution in [-0.4, -0.2) is 22.6 Å². The van der Waals surface area contributed by atoms with Crippen molar-refractivity contribution in [1.29, 1.82) is 0 Å². The number of methoxy groups -OCH3 is 1. The molecule has 2 aromatic heterocycles. The highest BCUT2D eigenvalue weighted by Crippen LogP contribution is 2.22. The minimum atomic E-state index is -0.320. The summed E-state index contributed by atoms with van der Waals surface area (Å²) < 4.78 is 6.84. The molecule has 0 aliphatic heterocycles. The van der Waals surface area contributed by atoms with E-state index in [1.807, 2.05) is 42.5 Å². The van der Waals surface area contributed by atoms with Crippen LogP contribution in [0, 0.1) is 0 Å². The van der Waals surface area contributed by atoms with Gasteiger partial charge in [-0.1, -0.05) is 35.9 Å². The molecule has 0 saturated heterocycles. The first-order chi connectivity index (χ1) is 10.7. The first-order valence-corrected chi connectivity index (χ1v) is 7.11. The molecule has 0 aliphatic rings. The Hall–Kier alpha value is -2.53. The second kappa shape index (κ2) is 6.07. The summed E-state index contributed by atoms with van der Waals surface area (Å²) >= 11 is 6.22. The van der Waals surface area contributed by atoms with E-state index >= 15 is 0 Å². The summed E-state index contributed by atoms with van der Waals surface area (Å²) in [5, 5.41) is 7.37. The SMILES string of the molecule is COc1ccccc1CNC(=O)c1nn2ccccc2c1Cl. The van der Waals surface area contributed by atoms with Gasteiger partial charge >= 0.3 is 0 Å². The van der Waals surface area contributed by atoms with Gasteiger partial charge in [0.1, 0.15) is 5.75 Å².